The van der Waals surface area contributed by atoms with Crippen molar-refractivity contribution in [3.05, 3.63) is 0 Å². The van der Waals surface area contributed by atoms with Crippen molar-refractivity contribution in [1.82, 2.24) is 5.32 Å². The molecule has 0 saturated heterocycles. The van der Waals surface area contributed by atoms with Gasteiger partial charge in [-0.3, -0.25) is 4.79 Å². The standard InChI is InChI=1S/C16H35NO3Si/c1-8-10-11-17-14(12-15(18)19-9-2)13-20-21(6,7)16(3,4)5/h14,17H,8-13H2,1-7H3. The molecule has 0 bridgehead atoms. The lowest BCUT2D eigenvalue weighted by molar-refractivity contribution is -0.143. The number of unbranched alkanes of at least 4 members (excludes halogenated alkanes) is 1. The van der Waals surface area contributed by atoms with Gasteiger partial charge in [-0.15, -0.1) is 0 Å². The zero-order valence-corrected chi connectivity index (χ0v) is 16.0. The third-order valence-corrected chi connectivity index (χ3v) is 8.63. The summed E-state index contributed by atoms with van der Waals surface area (Å²) in [5.74, 6) is -0.148. The van der Waals surface area contributed by atoms with E-state index in [2.05, 4.69) is 46.1 Å². The number of esters is 1. The Morgan fingerprint density at radius 1 is 1.24 bits per heavy atom. The molecule has 1 N–H and O–H groups in total. The van der Waals surface area contributed by atoms with Gasteiger partial charge in [-0.05, 0) is 38.0 Å². The molecule has 0 heterocycles. The van der Waals surface area contributed by atoms with Gasteiger partial charge in [0.15, 0.2) is 8.32 Å². The van der Waals surface area contributed by atoms with Crippen molar-refractivity contribution in [2.75, 3.05) is 19.8 Å². The van der Waals surface area contributed by atoms with Gasteiger partial charge in [0.05, 0.1) is 13.0 Å². The molecule has 0 aliphatic heterocycles. The minimum Gasteiger partial charge on any atom is -0.466 e. The zero-order chi connectivity index (χ0) is 16.5. The van der Waals surface area contributed by atoms with Crippen LogP contribution in [0.3, 0.4) is 0 Å². The molecule has 0 aromatic heterocycles. The van der Waals surface area contributed by atoms with E-state index in [1.54, 1.807) is 0 Å². The summed E-state index contributed by atoms with van der Waals surface area (Å²) < 4.78 is 11.3. The van der Waals surface area contributed by atoms with Crippen LogP contribution in [-0.2, 0) is 14.0 Å². The molecular formula is C16H35NO3Si. The minimum atomic E-state index is -1.78. The minimum absolute atomic E-state index is 0.0460. The quantitative estimate of drug-likeness (QED) is 0.379. The van der Waals surface area contributed by atoms with Crippen LogP contribution in [0.4, 0.5) is 0 Å². The van der Waals surface area contributed by atoms with E-state index in [4.69, 9.17) is 9.16 Å². The highest BCUT2D eigenvalue weighted by Gasteiger charge is 2.37. The number of carbonyl (C=O) groups is 1. The summed E-state index contributed by atoms with van der Waals surface area (Å²) >= 11 is 0. The van der Waals surface area contributed by atoms with Gasteiger partial charge in [-0.25, -0.2) is 0 Å². The lowest BCUT2D eigenvalue weighted by Gasteiger charge is -2.37. The third-order valence-electron chi connectivity index (χ3n) is 4.13. The van der Waals surface area contributed by atoms with Crippen LogP contribution in [-0.4, -0.2) is 40.1 Å². The fourth-order valence-electron chi connectivity index (χ4n) is 1.62. The first-order valence-corrected chi connectivity index (χ1v) is 11.1. The molecule has 0 spiro atoms. The summed E-state index contributed by atoms with van der Waals surface area (Å²) in [4.78, 5) is 11.7. The molecule has 0 radical (unpaired) electrons. The molecule has 0 saturated carbocycles. The van der Waals surface area contributed by atoms with Crippen LogP contribution in [0.2, 0.25) is 18.1 Å². The first-order chi connectivity index (χ1) is 9.64. The van der Waals surface area contributed by atoms with E-state index >= 15 is 0 Å². The molecule has 0 amide bonds. The normalized spacial score (nSPS) is 14.0. The van der Waals surface area contributed by atoms with Crippen molar-refractivity contribution < 1.29 is 14.0 Å². The van der Waals surface area contributed by atoms with Crippen LogP contribution in [0, 0.1) is 0 Å². The lowest BCUT2D eigenvalue weighted by atomic mass is 10.2. The first-order valence-electron chi connectivity index (χ1n) is 8.17. The van der Waals surface area contributed by atoms with Crippen LogP contribution in [0.5, 0.6) is 0 Å². The maximum absolute atomic E-state index is 11.7. The number of rotatable bonds is 10. The summed E-state index contributed by atoms with van der Waals surface area (Å²) in [6.07, 6.45) is 2.63. The van der Waals surface area contributed by atoms with Gasteiger partial charge in [0.1, 0.15) is 0 Å². The SMILES string of the molecule is CCCCNC(CO[Si](C)(C)C(C)(C)C)CC(=O)OCC. The predicted molar refractivity (Wildman–Crippen MR) is 91.1 cm³/mol. The highest BCUT2D eigenvalue weighted by Crippen LogP contribution is 2.36. The molecule has 4 nitrogen and oxygen atoms in total. The molecule has 0 aliphatic rings. The topological polar surface area (TPSA) is 47.6 Å². The van der Waals surface area contributed by atoms with Crippen LogP contribution in [0.15, 0.2) is 0 Å². The van der Waals surface area contributed by atoms with Gasteiger partial charge in [-0.2, -0.15) is 0 Å². The Morgan fingerprint density at radius 2 is 1.86 bits per heavy atom. The second-order valence-corrected chi connectivity index (χ2v) is 11.9. The Kier molecular flexibility index (Phi) is 9.41. The maximum atomic E-state index is 11.7. The second-order valence-electron chi connectivity index (χ2n) is 7.09. The van der Waals surface area contributed by atoms with Gasteiger partial charge in [0.2, 0.25) is 0 Å². The molecule has 0 rings (SSSR count). The number of hydrogen-bond donors (Lipinski definition) is 1. The summed E-state index contributed by atoms with van der Waals surface area (Å²) in [5.41, 5.74) is 0. The van der Waals surface area contributed by atoms with Crippen LogP contribution < -0.4 is 5.32 Å². The van der Waals surface area contributed by atoms with E-state index in [1.807, 2.05) is 6.92 Å². The number of carbonyl (C=O) groups excluding carboxylic acids is 1. The number of ether oxygens (including phenoxy) is 1. The van der Waals surface area contributed by atoms with Crippen LogP contribution in [0.1, 0.15) is 53.9 Å². The monoisotopic (exact) mass is 317 g/mol. The largest absolute Gasteiger partial charge is 0.466 e. The predicted octanol–water partition coefficient (Wildman–Crippen LogP) is 3.72. The van der Waals surface area contributed by atoms with Crippen molar-refractivity contribution in [2.45, 2.75) is 78.1 Å². The fourth-order valence-corrected chi connectivity index (χ4v) is 2.67. The molecule has 0 aliphatic carbocycles. The van der Waals surface area contributed by atoms with Crippen LogP contribution in [0.25, 0.3) is 0 Å². The smallest absolute Gasteiger partial charge is 0.307 e. The molecule has 1 atom stereocenters. The van der Waals surface area contributed by atoms with Gasteiger partial charge < -0.3 is 14.5 Å². The summed E-state index contributed by atoms with van der Waals surface area (Å²) in [6.45, 7) is 17.1. The highest BCUT2D eigenvalue weighted by atomic mass is 28.4. The van der Waals surface area contributed by atoms with Gasteiger partial charge in [0, 0.05) is 12.6 Å². The van der Waals surface area contributed by atoms with Gasteiger partial charge in [-0.1, -0.05) is 34.1 Å². The van der Waals surface area contributed by atoms with E-state index < -0.39 is 8.32 Å². The number of hydrogen-bond acceptors (Lipinski definition) is 4. The van der Waals surface area contributed by atoms with Crippen molar-refractivity contribution >= 4 is 14.3 Å². The van der Waals surface area contributed by atoms with E-state index in [0.29, 0.717) is 19.6 Å². The average molecular weight is 318 g/mol. The van der Waals surface area contributed by atoms with Crippen LogP contribution >= 0.6 is 0 Å². The Morgan fingerprint density at radius 3 is 2.33 bits per heavy atom. The third kappa shape index (κ3) is 8.59. The van der Waals surface area contributed by atoms with Gasteiger partial charge in [0.25, 0.3) is 0 Å². The molecule has 21 heavy (non-hydrogen) atoms. The summed E-state index contributed by atoms with van der Waals surface area (Å²) in [6, 6.07) is 0.0460. The summed E-state index contributed by atoms with van der Waals surface area (Å²) in [7, 11) is -1.78. The zero-order valence-electron chi connectivity index (χ0n) is 15.0. The Labute approximate surface area is 132 Å². The molecule has 0 aromatic carbocycles. The highest BCUT2D eigenvalue weighted by molar-refractivity contribution is 6.74. The molecule has 0 fully saturated rings. The van der Waals surface area contributed by atoms with E-state index in [0.717, 1.165) is 19.4 Å². The molecule has 5 heteroatoms. The molecule has 1 unspecified atom stereocenters. The fraction of sp³-hybridized carbons (Fsp3) is 0.938. The van der Waals surface area contributed by atoms with Crippen molar-refractivity contribution in [3.63, 3.8) is 0 Å². The first kappa shape index (κ1) is 20.6. The van der Waals surface area contributed by atoms with E-state index in [-0.39, 0.29) is 17.0 Å². The van der Waals surface area contributed by atoms with E-state index in [1.165, 1.54) is 0 Å². The Hall–Kier alpha value is -0.393. The average Bonchev–Trinajstić information content (AvgIpc) is 2.35. The molecular weight excluding hydrogens is 282 g/mol. The second kappa shape index (κ2) is 9.59. The molecule has 0 aromatic rings. The van der Waals surface area contributed by atoms with Crippen molar-refractivity contribution in [2.24, 2.45) is 0 Å². The van der Waals surface area contributed by atoms with Crippen molar-refractivity contribution in [1.29, 1.82) is 0 Å². The Balaban J connectivity index is 4.48. The summed E-state index contributed by atoms with van der Waals surface area (Å²) in [5, 5.41) is 3.62. The lowest BCUT2D eigenvalue weighted by Crippen LogP contribution is -2.46. The Bertz CT molecular complexity index is 300. The van der Waals surface area contributed by atoms with E-state index in [9.17, 15) is 4.79 Å². The molecule has 126 valence electrons. The number of nitrogens with one attached hydrogen (secondary N) is 1. The van der Waals surface area contributed by atoms with Crippen molar-refractivity contribution in [3.8, 4) is 0 Å². The maximum Gasteiger partial charge on any atom is 0.307 e. The van der Waals surface area contributed by atoms with Gasteiger partial charge >= 0.3 is 5.97 Å².